The Balaban J connectivity index is 3.18. The Morgan fingerprint density at radius 3 is 2.05 bits per heavy atom. The monoisotopic (exact) mass is 316 g/mol. The quantitative estimate of drug-likeness (QED) is 0.314. The van der Waals surface area contributed by atoms with Gasteiger partial charge < -0.3 is 30.0 Å². The molecule has 3 N–H and O–H groups in total. The summed E-state index contributed by atoms with van der Waals surface area (Å²) in [6.45, 7) is 6.65. The molecule has 0 rings (SSSR count). The molecule has 0 aliphatic carbocycles. The molecule has 0 aromatic rings. The van der Waals surface area contributed by atoms with E-state index in [9.17, 15) is 4.79 Å². The van der Waals surface area contributed by atoms with E-state index in [1.54, 1.807) is 0 Å². The Morgan fingerprint density at radius 2 is 1.55 bits per heavy atom. The molecule has 0 spiro atoms. The van der Waals surface area contributed by atoms with Crippen LogP contribution in [0, 0.1) is 12.3 Å². The second-order valence-corrected chi connectivity index (χ2v) is 4.34. The molecule has 1 atom stereocenters. The number of ether oxygens (including phenoxy) is 4. The number of hydrogen-bond donors (Lipinski definition) is 2. The summed E-state index contributed by atoms with van der Waals surface area (Å²) in [4.78, 5) is 11.4. The smallest absolute Gasteiger partial charge is 0.237 e. The van der Waals surface area contributed by atoms with Gasteiger partial charge in [-0.05, 0) is 6.92 Å². The van der Waals surface area contributed by atoms with Gasteiger partial charge in [0.2, 0.25) is 5.91 Å². The van der Waals surface area contributed by atoms with Gasteiger partial charge in [-0.1, -0.05) is 0 Å². The Hall–Kier alpha value is -1.17. The lowest BCUT2D eigenvalue weighted by molar-refractivity contribution is -0.122. The molecule has 0 unspecified atom stereocenters. The molecule has 7 heteroatoms. The molecule has 0 aliphatic heterocycles. The van der Waals surface area contributed by atoms with E-state index in [2.05, 4.69) is 11.2 Å². The lowest BCUT2D eigenvalue weighted by atomic mass is 10.2. The summed E-state index contributed by atoms with van der Waals surface area (Å²) < 4.78 is 21.0. The van der Waals surface area contributed by atoms with E-state index in [0.717, 1.165) is 0 Å². The van der Waals surface area contributed by atoms with Crippen LogP contribution in [0.5, 0.6) is 0 Å². The Kier molecular flexibility index (Phi) is 15.3. The van der Waals surface area contributed by atoms with Crippen LogP contribution in [0.25, 0.3) is 0 Å². The van der Waals surface area contributed by atoms with Crippen LogP contribution in [0.15, 0.2) is 0 Å². The molecule has 0 saturated heterocycles. The van der Waals surface area contributed by atoms with E-state index in [1.807, 2.05) is 6.92 Å². The van der Waals surface area contributed by atoms with Crippen LogP contribution < -0.4 is 11.1 Å². The fourth-order valence-corrected chi connectivity index (χ4v) is 1.40. The first-order valence-electron chi connectivity index (χ1n) is 7.50. The standard InChI is InChI=1S/C15H28N2O5/c1-3-5-14(16)15(18)17-6-7-20-10-11-22-13-12-21-9-8-19-4-2/h1,14H,4-13,16H2,2H3,(H,17,18)/t14-/m0/s1. The fourth-order valence-electron chi connectivity index (χ4n) is 1.40. The van der Waals surface area contributed by atoms with Crippen molar-refractivity contribution in [2.75, 3.05) is 59.4 Å². The van der Waals surface area contributed by atoms with Crippen LogP contribution in [0.2, 0.25) is 0 Å². The van der Waals surface area contributed by atoms with Gasteiger partial charge in [0.15, 0.2) is 0 Å². The van der Waals surface area contributed by atoms with Crippen molar-refractivity contribution in [1.29, 1.82) is 0 Å². The van der Waals surface area contributed by atoms with E-state index >= 15 is 0 Å². The molecule has 0 aliphatic rings. The highest BCUT2D eigenvalue weighted by Crippen LogP contribution is 1.86. The number of amides is 1. The molecule has 1 amide bonds. The van der Waals surface area contributed by atoms with Crippen molar-refractivity contribution in [2.24, 2.45) is 5.73 Å². The summed E-state index contributed by atoms with van der Waals surface area (Å²) in [5.41, 5.74) is 5.54. The predicted octanol–water partition coefficient (Wildman–Crippen LogP) is -0.460. The molecule has 0 heterocycles. The van der Waals surface area contributed by atoms with Gasteiger partial charge in [0.05, 0.1) is 52.3 Å². The Labute approximate surface area is 132 Å². The number of nitrogens with two attached hydrogens (primary N) is 1. The maximum Gasteiger partial charge on any atom is 0.237 e. The van der Waals surface area contributed by atoms with Gasteiger partial charge >= 0.3 is 0 Å². The lowest BCUT2D eigenvalue weighted by Gasteiger charge is -2.10. The van der Waals surface area contributed by atoms with Crippen molar-refractivity contribution in [3.05, 3.63) is 0 Å². The van der Waals surface area contributed by atoms with Crippen molar-refractivity contribution in [2.45, 2.75) is 19.4 Å². The topological polar surface area (TPSA) is 92.0 Å². The molecule has 128 valence electrons. The third kappa shape index (κ3) is 13.8. The molecule has 0 radical (unpaired) electrons. The molecule has 0 fully saturated rings. The van der Waals surface area contributed by atoms with Crippen LogP contribution in [-0.2, 0) is 23.7 Å². The summed E-state index contributed by atoms with van der Waals surface area (Å²) in [5, 5.41) is 2.65. The first-order valence-corrected chi connectivity index (χ1v) is 7.50. The SMILES string of the molecule is C#CC[C@H](N)C(=O)NCCOCCOCCOCCOCC. The van der Waals surface area contributed by atoms with Crippen molar-refractivity contribution in [3.63, 3.8) is 0 Å². The highest BCUT2D eigenvalue weighted by atomic mass is 16.6. The average Bonchev–Trinajstić information content (AvgIpc) is 2.51. The normalized spacial score (nSPS) is 11.9. The number of carbonyl (C=O) groups is 1. The zero-order valence-corrected chi connectivity index (χ0v) is 13.3. The van der Waals surface area contributed by atoms with E-state index in [0.29, 0.717) is 59.4 Å². The predicted molar refractivity (Wildman–Crippen MR) is 83.4 cm³/mol. The van der Waals surface area contributed by atoms with Crippen molar-refractivity contribution >= 4 is 5.91 Å². The Morgan fingerprint density at radius 1 is 1.05 bits per heavy atom. The molecule has 0 aromatic carbocycles. The summed E-state index contributed by atoms with van der Waals surface area (Å²) in [5.74, 6) is 2.08. The van der Waals surface area contributed by atoms with E-state index < -0.39 is 6.04 Å². The molecule has 7 nitrogen and oxygen atoms in total. The van der Waals surface area contributed by atoms with Gasteiger partial charge in [-0.25, -0.2) is 0 Å². The van der Waals surface area contributed by atoms with Crippen LogP contribution in [0.1, 0.15) is 13.3 Å². The van der Waals surface area contributed by atoms with E-state index in [4.69, 9.17) is 31.1 Å². The van der Waals surface area contributed by atoms with Gasteiger partial charge in [0.1, 0.15) is 0 Å². The van der Waals surface area contributed by atoms with Gasteiger partial charge in [0, 0.05) is 19.6 Å². The van der Waals surface area contributed by atoms with Gasteiger partial charge in [0.25, 0.3) is 0 Å². The minimum absolute atomic E-state index is 0.229. The van der Waals surface area contributed by atoms with Crippen LogP contribution >= 0.6 is 0 Å². The van der Waals surface area contributed by atoms with Crippen LogP contribution in [-0.4, -0.2) is 71.3 Å². The number of hydrogen-bond acceptors (Lipinski definition) is 6. The molecule has 0 bridgehead atoms. The minimum Gasteiger partial charge on any atom is -0.379 e. The molecular weight excluding hydrogens is 288 g/mol. The second-order valence-electron chi connectivity index (χ2n) is 4.34. The Bertz CT molecular complexity index is 307. The summed E-state index contributed by atoms with van der Waals surface area (Å²) in [6, 6.07) is -0.656. The molecule has 0 saturated carbocycles. The third-order valence-corrected chi connectivity index (χ3v) is 2.54. The maximum atomic E-state index is 11.4. The second kappa shape index (κ2) is 16.2. The van der Waals surface area contributed by atoms with E-state index in [-0.39, 0.29) is 12.3 Å². The van der Waals surface area contributed by atoms with Crippen LogP contribution in [0.3, 0.4) is 0 Å². The number of nitrogens with one attached hydrogen (secondary N) is 1. The average molecular weight is 316 g/mol. The van der Waals surface area contributed by atoms with Gasteiger partial charge in [-0.2, -0.15) is 0 Å². The number of carbonyl (C=O) groups excluding carboxylic acids is 1. The van der Waals surface area contributed by atoms with Gasteiger partial charge in [-0.15, -0.1) is 12.3 Å². The van der Waals surface area contributed by atoms with Crippen LogP contribution in [0.4, 0.5) is 0 Å². The molecule has 0 aromatic heterocycles. The van der Waals surface area contributed by atoms with Crippen molar-refractivity contribution in [3.8, 4) is 12.3 Å². The third-order valence-electron chi connectivity index (χ3n) is 2.54. The van der Waals surface area contributed by atoms with Crippen molar-refractivity contribution < 1.29 is 23.7 Å². The van der Waals surface area contributed by atoms with Gasteiger partial charge in [-0.3, -0.25) is 4.79 Å². The van der Waals surface area contributed by atoms with E-state index in [1.165, 1.54) is 0 Å². The molecular formula is C15H28N2O5. The zero-order valence-electron chi connectivity index (χ0n) is 13.3. The summed E-state index contributed by atoms with van der Waals surface area (Å²) in [7, 11) is 0. The zero-order chi connectivity index (χ0) is 16.5. The minimum atomic E-state index is -0.656. The fraction of sp³-hybridized carbons (Fsp3) is 0.800. The number of terminal acetylenes is 1. The lowest BCUT2D eigenvalue weighted by Crippen LogP contribution is -2.41. The largest absolute Gasteiger partial charge is 0.379 e. The highest BCUT2D eigenvalue weighted by Gasteiger charge is 2.10. The first kappa shape index (κ1) is 20.8. The summed E-state index contributed by atoms with van der Waals surface area (Å²) >= 11 is 0. The molecule has 22 heavy (non-hydrogen) atoms. The highest BCUT2D eigenvalue weighted by molar-refractivity contribution is 5.81. The van der Waals surface area contributed by atoms with Crippen molar-refractivity contribution in [1.82, 2.24) is 5.32 Å². The maximum absolute atomic E-state index is 11.4. The summed E-state index contributed by atoms with van der Waals surface area (Å²) in [6.07, 6.45) is 5.31. The first-order chi connectivity index (χ1) is 10.7. The number of rotatable bonds is 15.